The van der Waals surface area contributed by atoms with Crippen LogP contribution < -0.4 is 10.1 Å². The molecule has 30 heavy (non-hydrogen) atoms. The minimum absolute atomic E-state index is 0.0105. The number of hydrogen-bond donors (Lipinski definition) is 1. The Kier molecular flexibility index (Phi) is 4.91. The average molecular weight is 408 g/mol. The molecule has 0 saturated carbocycles. The number of pyridine rings is 1. The number of benzene rings is 2. The summed E-state index contributed by atoms with van der Waals surface area (Å²) in [6.07, 6.45) is 0. The van der Waals surface area contributed by atoms with Gasteiger partial charge in [0.25, 0.3) is 5.91 Å². The molecule has 8 heteroatoms. The van der Waals surface area contributed by atoms with E-state index in [1.165, 1.54) is 10.7 Å². The van der Waals surface area contributed by atoms with Crippen LogP contribution in [0.25, 0.3) is 16.7 Å². The molecule has 1 N–H and O–H groups in total. The number of ether oxygens (including phenoxy) is 1. The molecule has 2 aromatic heterocycles. The second-order valence-corrected chi connectivity index (χ2v) is 6.82. The fraction of sp³-hybridized carbons (Fsp3) is 0.136. The lowest BCUT2D eigenvalue weighted by Gasteiger charge is -2.12. The molecule has 0 atom stereocenters. The number of fused-ring (bicyclic) bond motifs is 1. The molecule has 2 heterocycles. The van der Waals surface area contributed by atoms with Gasteiger partial charge < -0.3 is 10.1 Å². The third-order valence-electron chi connectivity index (χ3n) is 4.69. The fourth-order valence-electron chi connectivity index (χ4n) is 3.24. The Labute approximate surface area is 171 Å². The van der Waals surface area contributed by atoms with Gasteiger partial charge in [0.2, 0.25) is 0 Å². The lowest BCUT2D eigenvalue weighted by molar-refractivity contribution is 0.102. The summed E-state index contributed by atoms with van der Waals surface area (Å²) in [5, 5.41) is 8.06. The first-order chi connectivity index (χ1) is 14.4. The van der Waals surface area contributed by atoms with E-state index in [0.717, 1.165) is 23.1 Å². The molecule has 152 valence electrons. The number of carbonyl (C=O) groups is 1. The van der Waals surface area contributed by atoms with Crippen LogP contribution in [0.3, 0.4) is 0 Å². The van der Waals surface area contributed by atoms with E-state index in [4.69, 9.17) is 4.74 Å². The van der Waals surface area contributed by atoms with Crippen LogP contribution in [-0.4, -0.2) is 27.8 Å². The van der Waals surface area contributed by atoms with Gasteiger partial charge in [0.05, 0.1) is 12.8 Å². The maximum atomic E-state index is 13.5. The Morgan fingerprint density at radius 2 is 1.87 bits per heavy atom. The van der Waals surface area contributed by atoms with Gasteiger partial charge in [-0.15, -0.1) is 0 Å². The van der Waals surface area contributed by atoms with E-state index >= 15 is 0 Å². The van der Waals surface area contributed by atoms with Gasteiger partial charge in [0, 0.05) is 17.0 Å². The van der Waals surface area contributed by atoms with Crippen molar-refractivity contribution in [2.24, 2.45) is 0 Å². The van der Waals surface area contributed by atoms with Crippen molar-refractivity contribution in [3.05, 3.63) is 77.0 Å². The number of halogens is 2. The smallest absolute Gasteiger partial charge is 0.256 e. The zero-order valence-electron chi connectivity index (χ0n) is 16.5. The summed E-state index contributed by atoms with van der Waals surface area (Å²) >= 11 is 0. The molecule has 0 fully saturated rings. The van der Waals surface area contributed by atoms with Crippen molar-refractivity contribution in [3.8, 4) is 11.6 Å². The molecule has 0 aliphatic rings. The zero-order valence-corrected chi connectivity index (χ0v) is 16.5. The van der Waals surface area contributed by atoms with Crippen molar-refractivity contribution in [2.45, 2.75) is 13.8 Å². The molecule has 0 saturated heterocycles. The van der Waals surface area contributed by atoms with E-state index in [1.54, 1.807) is 20.1 Å². The lowest BCUT2D eigenvalue weighted by Crippen LogP contribution is -2.16. The predicted molar refractivity (Wildman–Crippen MR) is 109 cm³/mol. The summed E-state index contributed by atoms with van der Waals surface area (Å²) in [7, 11) is 1.57. The second-order valence-electron chi connectivity index (χ2n) is 6.82. The number of aromatic nitrogens is 3. The Balaban J connectivity index is 1.76. The molecule has 2 aromatic carbocycles. The van der Waals surface area contributed by atoms with E-state index in [9.17, 15) is 13.6 Å². The number of carbonyl (C=O) groups excluding carboxylic acids is 1. The quantitative estimate of drug-likeness (QED) is 0.537. The van der Waals surface area contributed by atoms with Gasteiger partial charge in [0.1, 0.15) is 17.1 Å². The number of nitrogens with one attached hydrogen (secondary N) is 1. The van der Waals surface area contributed by atoms with Gasteiger partial charge in [0.15, 0.2) is 17.5 Å². The first-order valence-electron chi connectivity index (χ1n) is 9.15. The topological polar surface area (TPSA) is 69.0 Å². The molecule has 0 radical (unpaired) electrons. The SMILES string of the molecule is COc1cccc2c(C)cc(-n3nc(C)cc3NC(=O)c3ccc(F)c(F)c3)nc12. The number of amides is 1. The van der Waals surface area contributed by atoms with Crippen molar-refractivity contribution >= 4 is 22.6 Å². The maximum absolute atomic E-state index is 13.5. The number of para-hydroxylation sites is 1. The van der Waals surface area contributed by atoms with Crippen LogP contribution in [0, 0.1) is 25.5 Å². The highest BCUT2D eigenvalue weighted by atomic mass is 19.2. The maximum Gasteiger partial charge on any atom is 0.256 e. The number of nitrogens with zero attached hydrogens (tertiary/aromatic N) is 3. The van der Waals surface area contributed by atoms with Crippen molar-refractivity contribution in [2.75, 3.05) is 12.4 Å². The first-order valence-corrected chi connectivity index (χ1v) is 9.15. The average Bonchev–Trinajstić information content (AvgIpc) is 3.09. The van der Waals surface area contributed by atoms with Crippen LogP contribution in [-0.2, 0) is 0 Å². The van der Waals surface area contributed by atoms with Crippen molar-refractivity contribution in [3.63, 3.8) is 0 Å². The molecule has 0 unspecified atom stereocenters. The fourth-order valence-corrected chi connectivity index (χ4v) is 3.24. The van der Waals surface area contributed by atoms with Crippen LogP contribution in [0.5, 0.6) is 5.75 Å². The van der Waals surface area contributed by atoms with E-state index in [1.807, 2.05) is 31.2 Å². The Bertz CT molecular complexity index is 1280. The van der Waals surface area contributed by atoms with Gasteiger partial charge in [-0.05, 0) is 49.7 Å². The van der Waals surface area contributed by atoms with Gasteiger partial charge in [-0.25, -0.2) is 13.8 Å². The predicted octanol–water partition coefficient (Wildman–Crippen LogP) is 4.58. The summed E-state index contributed by atoms with van der Waals surface area (Å²) in [6, 6.07) is 12.1. The van der Waals surface area contributed by atoms with Gasteiger partial charge in [-0.3, -0.25) is 4.79 Å². The monoisotopic (exact) mass is 408 g/mol. The molecular formula is C22H18F2N4O2. The summed E-state index contributed by atoms with van der Waals surface area (Å²) in [4.78, 5) is 17.2. The molecule has 0 aliphatic carbocycles. The van der Waals surface area contributed by atoms with Gasteiger partial charge in [-0.1, -0.05) is 12.1 Å². The minimum atomic E-state index is -1.09. The number of aryl methyl sites for hydroxylation is 2. The van der Waals surface area contributed by atoms with Gasteiger partial charge >= 0.3 is 0 Å². The van der Waals surface area contributed by atoms with E-state index in [0.29, 0.717) is 28.6 Å². The third-order valence-corrected chi connectivity index (χ3v) is 4.69. The van der Waals surface area contributed by atoms with Crippen LogP contribution in [0.4, 0.5) is 14.6 Å². The Hall–Kier alpha value is -3.81. The van der Waals surface area contributed by atoms with Crippen LogP contribution >= 0.6 is 0 Å². The van der Waals surface area contributed by atoms with Crippen molar-refractivity contribution in [1.29, 1.82) is 0 Å². The van der Waals surface area contributed by atoms with Gasteiger partial charge in [-0.2, -0.15) is 9.78 Å². The number of methoxy groups -OCH3 is 1. The summed E-state index contributed by atoms with van der Waals surface area (Å²) in [6.45, 7) is 3.72. The lowest BCUT2D eigenvalue weighted by atomic mass is 10.1. The second kappa shape index (κ2) is 7.55. The zero-order chi connectivity index (χ0) is 21.4. The first kappa shape index (κ1) is 19.5. The molecule has 4 rings (SSSR count). The van der Waals surface area contributed by atoms with E-state index in [2.05, 4.69) is 15.4 Å². The molecule has 6 nitrogen and oxygen atoms in total. The number of hydrogen-bond acceptors (Lipinski definition) is 4. The van der Waals surface area contributed by atoms with E-state index < -0.39 is 17.5 Å². The number of anilines is 1. The molecule has 0 aliphatic heterocycles. The Morgan fingerprint density at radius 1 is 1.07 bits per heavy atom. The van der Waals surface area contributed by atoms with Crippen molar-refractivity contribution < 1.29 is 18.3 Å². The van der Waals surface area contributed by atoms with Crippen LogP contribution in [0.15, 0.2) is 48.5 Å². The largest absolute Gasteiger partial charge is 0.494 e. The van der Waals surface area contributed by atoms with Crippen LogP contribution in [0.1, 0.15) is 21.6 Å². The molecule has 0 bridgehead atoms. The van der Waals surface area contributed by atoms with Crippen molar-refractivity contribution in [1.82, 2.24) is 14.8 Å². The summed E-state index contributed by atoms with van der Waals surface area (Å²) < 4.78 is 33.6. The molecular weight excluding hydrogens is 390 g/mol. The minimum Gasteiger partial charge on any atom is -0.494 e. The molecule has 1 amide bonds. The van der Waals surface area contributed by atoms with Crippen LogP contribution in [0.2, 0.25) is 0 Å². The normalized spacial score (nSPS) is 11.0. The standard InChI is InChI=1S/C22H18F2N4O2/c1-12-9-19(25-21-15(12)5-4-6-18(21)30-3)28-20(10-13(2)27-28)26-22(29)14-7-8-16(23)17(24)11-14/h4-11H,1-3H3,(H,26,29). The third kappa shape index (κ3) is 3.47. The highest BCUT2D eigenvalue weighted by molar-refractivity contribution is 6.04. The summed E-state index contributed by atoms with van der Waals surface area (Å²) in [5.41, 5.74) is 2.26. The highest BCUT2D eigenvalue weighted by Gasteiger charge is 2.16. The number of rotatable bonds is 4. The highest BCUT2D eigenvalue weighted by Crippen LogP contribution is 2.28. The molecule has 0 spiro atoms. The molecule has 4 aromatic rings. The summed E-state index contributed by atoms with van der Waals surface area (Å²) in [5.74, 6) is -1.25. The Morgan fingerprint density at radius 3 is 2.60 bits per heavy atom. The van der Waals surface area contributed by atoms with E-state index in [-0.39, 0.29) is 5.56 Å².